The minimum Gasteiger partial charge on any atom is -0.461 e. The number of nitrogens with one attached hydrogen (secondary N) is 1. The molecule has 8 atom stereocenters. The molecule has 158 valence electrons. The molecular formula is C15H24N4O9. The van der Waals surface area contributed by atoms with Crippen LogP contribution in [0.3, 0.4) is 0 Å². The Morgan fingerprint density at radius 2 is 1.64 bits per heavy atom. The molecule has 1 amide bonds. The van der Waals surface area contributed by atoms with Gasteiger partial charge in [0.15, 0.2) is 12.2 Å². The van der Waals surface area contributed by atoms with Crippen molar-refractivity contribution in [1.29, 1.82) is 0 Å². The Labute approximate surface area is 159 Å². The first-order chi connectivity index (χ1) is 13.2. The van der Waals surface area contributed by atoms with Crippen molar-refractivity contribution < 1.29 is 44.2 Å². The fourth-order valence-corrected chi connectivity index (χ4v) is 2.95. The number of hydrogen-bond acceptors (Lipinski definition) is 10. The summed E-state index contributed by atoms with van der Waals surface area (Å²) in [4.78, 5) is 26.6. The number of aliphatic hydroxyl groups is 4. The van der Waals surface area contributed by atoms with Crippen molar-refractivity contribution in [2.45, 2.75) is 68.8 Å². The summed E-state index contributed by atoms with van der Waals surface area (Å²) in [7, 11) is 0. The van der Waals surface area contributed by atoms with Crippen LogP contribution in [0, 0.1) is 0 Å². The van der Waals surface area contributed by atoms with Crippen LogP contribution in [0.2, 0.25) is 0 Å². The van der Waals surface area contributed by atoms with Gasteiger partial charge in [0.25, 0.3) is 5.91 Å². The monoisotopic (exact) mass is 404 g/mol. The Morgan fingerprint density at radius 1 is 1.07 bits per heavy atom. The molecule has 13 nitrogen and oxygen atoms in total. The van der Waals surface area contributed by atoms with Crippen LogP contribution in [0.15, 0.2) is 5.11 Å². The van der Waals surface area contributed by atoms with Gasteiger partial charge in [-0.3, -0.25) is 4.79 Å². The van der Waals surface area contributed by atoms with Crippen LogP contribution in [0.4, 0.5) is 0 Å². The minimum atomic E-state index is -1.55. The van der Waals surface area contributed by atoms with E-state index in [2.05, 4.69) is 15.3 Å². The van der Waals surface area contributed by atoms with Gasteiger partial charge in [-0.05, 0) is 19.4 Å². The molecule has 0 aromatic heterocycles. The summed E-state index contributed by atoms with van der Waals surface area (Å²) in [5, 5.41) is 45.3. The molecule has 5 N–H and O–H groups in total. The lowest BCUT2D eigenvalue weighted by Crippen LogP contribution is -2.47. The Kier molecular flexibility index (Phi) is 7.55. The maximum atomic E-state index is 12.2. The molecule has 2 heterocycles. The molecule has 0 saturated carbocycles. The lowest BCUT2D eigenvalue weighted by atomic mass is 10.1. The summed E-state index contributed by atoms with van der Waals surface area (Å²) in [6.45, 7) is 2.66. The molecule has 2 fully saturated rings. The Bertz CT molecular complexity index is 627. The SMILES string of the molecule is CC(C)OC(=O)[C@H]1O[C@H](CNC(=O)[C@H]2O[C@H](CN=[N+]=[N-])[C@@H](O)[C@@H]2O)[C@@H](O)[C@@H]1O. The van der Waals surface area contributed by atoms with Gasteiger partial charge in [0, 0.05) is 11.5 Å². The van der Waals surface area contributed by atoms with Crippen LogP contribution in [-0.2, 0) is 23.8 Å². The average Bonchev–Trinajstić information content (AvgIpc) is 3.08. The van der Waals surface area contributed by atoms with E-state index < -0.39 is 66.8 Å². The number of ether oxygens (including phenoxy) is 3. The van der Waals surface area contributed by atoms with Crippen molar-refractivity contribution in [2.75, 3.05) is 13.1 Å². The predicted octanol–water partition coefficient (Wildman–Crippen LogP) is -2.66. The van der Waals surface area contributed by atoms with Crippen LogP contribution in [0.1, 0.15) is 13.8 Å². The lowest BCUT2D eigenvalue weighted by Gasteiger charge is -2.18. The number of azide groups is 1. The summed E-state index contributed by atoms with van der Waals surface area (Å²) in [5.74, 6) is -1.65. The van der Waals surface area contributed by atoms with Gasteiger partial charge in [-0.2, -0.15) is 0 Å². The lowest BCUT2D eigenvalue weighted by molar-refractivity contribution is -0.164. The van der Waals surface area contributed by atoms with Crippen molar-refractivity contribution >= 4 is 11.9 Å². The fraction of sp³-hybridized carbons (Fsp3) is 0.867. The maximum absolute atomic E-state index is 12.2. The number of carbonyl (C=O) groups excluding carboxylic acids is 2. The second-order valence-corrected chi connectivity index (χ2v) is 6.80. The highest BCUT2D eigenvalue weighted by Crippen LogP contribution is 2.24. The Balaban J connectivity index is 1.90. The van der Waals surface area contributed by atoms with E-state index in [1.54, 1.807) is 13.8 Å². The molecule has 2 rings (SSSR count). The first-order valence-electron chi connectivity index (χ1n) is 8.69. The smallest absolute Gasteiger partial charge is 0.338 e. The van der Waals surface area contributed by atoms with Gasteiger partial charge in [0.05, 0.1) is 18.8 Å². The predicted molar refractivity (Wildman–Crippen MR) is 89.6 cm³/mol. The summed E-state index contributed by atoms with van der Waals surface area (Å²) in [5.41, 5.74) is 8.30. The van der Waals surface area contributed by atoms with E-state index in [1.807, 2.05) is 0 Å². The summed E-state index contributed by atoms with van der Waals surface area (Å²) >= 11 is 0. The van der Waals surface area contributed by atoms with Crippen LogP contribution in [0.25, 0.3) is 10.4 Å². The average molecular weight is 404 g/mol. The van der Waals surface area contributed by atoms with E-state index >= 15 is 0 Å². The molecular weight excluding hydrogens is 380 g/mol. The number of carbonyl (C=O) groups is 2. The molecule has 0 unspecified atom stereocenters. The fourth-order valence-electron chi connectivity index (χ4n) is 2.95. The number of aliphatic hydroxyl groups excluding tert-OH is 4. The highest BCUT2D eigenvalue weighted by molar-refractivity contribution is 5.82. The zero-order valence-electron chi connectivity index (χ0n) is 15.3. The molecule has 28 heavy (non-hydrogen) atoms. The summed E-state index contributed by atoms with van der Waals surface area (Å²) < 4.78 is 15.4. The van der Waals surface area contributed by atoms with Gasteiger partial charge in [0.1, 0.15) is 30.5 Å². The molecule has 2 saturated heterocycles. The second-order valence-electron chi connectivity index (χ2n) is 6.80. The van der Waals surface area contributed by atoms with Crippen molar-refractivity contribution in [2.24, 2.45) is 5.11 Å². The summed E-state index contributed by atoms with van der Waals surface area (Å²) in [6, 6.07) is 0. The van der Waals surface area contributed by atoms with Crippen LogP contribution >= 0.6 is 0 Å². The Hall–Kier alpha value is -1.99. The quantitative estimate of drug-likeness (QED) is 0.130. The van der Waals surface area contributed by atoms with E-state index in [9.17, 15) is 30.0 Å². The van der Waals surface area contributed by atoms with Gasteiger partial charge in [-0.25, -0.2) is 4.79 Å². The molecule has 2 aliphatic rings. The zero-order valence-corrected chi connectivity index (χ0v) is 15.3. The third-order valence-electron chi connectivity index (χ3n) is 4.37. The molecule has 13 heteroatoms. The van der Waals surface area contributed by atoms with Gasteiger partial charge >= 0.3 is 5.97 Å². The van der Waals surface area contributed by atoms with Gasteiger partial charge < -0.3 is 40.0 Å². The van der Waals surface area contributed by atoms with Crippen molar-refractivity contribution in [3.05, 3.63) is 10.4 Å². The largest absolute Gasteiger partial charge is 0.461 e. The highest BCUT2D eigenvalue weighted by Gasteiger charge is 2.49. The van der Waals surface area contributed by atoms with Crippen molar-refractivity contribution in [3.8, 4) is 0 Å². The molecule has 0 spiro atoms. The third-order valence-corrected chi connectivity index (χ3v) is 4.37. The maximum Gasteiger partial charge on any atom is 0.338 e. The molecule has 0 aromatic rings. The minimum absolute atomic E-state index is 0.269. The number of nitrogens with zero attached hydrogens (tertiary/aromatic N) is 3. The van der Waals surface area contributed by atoms with Crippen molar-refractivity contribution in [1.82, 2.24) is 5.32 Å². The van der Waals surface area contributed by atoms with Crippen molar-refractivity contribution in [3.63, 3.8) is 0 Å². The standard InChI is InChI=1S/C15H24N4O9/c1-5(2)26-15(25)13-11(23)8(20)6(28-13)3-17-14(24)12-10(22)9(21)7(27-12)4-18-19-16/h5-13,20-23H,3-4H2,1-2H3,(H,17,24)/t6-,7-,8-,9-,10+,11+,12+,13+/m1/s1. The third kappa shape index (κ3) is 4.89. The molecule has 0 radical (unpaired) electrons. The van der Waals surface area contributed by atoms with Gasteiger partial charge in [0.2, 0.25) is 0 Å². The van der Waals surface area contributed by atoms with E-state index in [4.69, 9.17) is 19.7 Å². The van der Waals surface area contributed by atoms with E-state index in [0.717, 1.165) is 0 Å². The molecule has 0 aliphatic carbocycles. The normalized spacial score (nSPS) is 37.5. The van der Waals surface area contributed by atoms with Crippen LogP contribution < -0.4 is 5.32 Å². The Morgan fingerprint density at radius 3 is 2.25 bits per heavy atom. The highest BCUT2D eigenvalue weighted by atomic mass is 16.6. The zero-order chi connectivity index (χ0) is 21.0. The van der Waals surface area contributed by atoms with Gasteiger partial charge in [-0.15, -0.1) is 0 Å². The number of rotatable bonds is 7. The van der Waals surface area contributed by atoms with Gasteiger partial charge in [-0.1, -0.05) is 5.11 Å². The topological polar surface area (TPSA) is 204 Å². The first-order valence-corrected chi connectivity index (χ1v) is 8.69. The van der Waals surface area contributed by atoms with E-state index in [1.165, 1.54) is 0 Å². The first kappa shape index (κ1) is 22.3. The van der Waals surface area contributed by atoms with E-state index in [-0.39, 0.29) is 13.1 Å². The van der Waals surface area contributed by atoms with E-state index in [0.29, 0.717) is 0 Å². The molecule has 2 aliphatic heterocycles. The number of esters is 1. The number of hydrogen-bond donors (Lipinski definition) is 5. The van der Waals surface area contributed by atoms with Crippen LogP contribution in [-0.4, -0.2) is 100 Å². The number of amides is 1. The summed E-state index contributed by atoms with van der Waals surface area (Å²) in [6.07, 6.45) is -11.4. The second kappa shape index (κ2) is 9.47. The van der Waals surface area contributed by atoms with Crippen LogP contribution in [0.5, 0.6) is 0 Å². The molecule has 0 bridgehead atoms. The molecule has 0 aromatic carbocycles.